The third kappa shape index (κ3) is 2.84. The summed E-state index contributed by atoms with van der Waals surface area (Å²) >= 11 is 0. The maximum atomic E-state index is 2.45. The van der Waals surface area contributed by atoms with Crippen molar-refractivity contribution in [1.29, 1.82) is 0 Å². The first-order chi connectivity index (χ1) is 10.7. The summed E-state index contributed by atoms with van der Waals surface area (Å²) in [5.74, 6) is 1.20. The lowest BCUT2D eigenvalue weighted by atomic mass is 9.84. The van der Waals surface area contributed by atoms with Crippen molar-refractivity contribution in [2.24, 2.45) is 5.92 Å². The normalized spacial score (nSPS) is 21.8. The molecule has 1 aromatic carbocycles. The van der Waals surface area contributed by atoms with E-state index in [0.29, 0.717) is 11.8 Å². The first-order valence-electron chi connectivity index (χ1n) is 8.93. The Morgan fingerprint density at radius 2 is 1.86 bits per heavy atom. The fourth-order valence-electron chi connectivity index (χ4n) is 3.91. The van der Waals surface area contributed by atoms with Gasteiger partial charge in [0.1, 0.15) is 0 Å². The van der Waals surface area contributed by atoms with E-state index >= 15 is 0 Å². The van der Waals surface area contributed by atoms with Crippen LogP contribution in [0.4, 0.5) is 0 Å². The summed E-state index contributed by atoms with van der Waals surface area (Å²) in [5.41, 5.74) is 7.57. The van der Waals surface area contributed by atoms with Crippen LogP contribution in [0.3, 0.4) is 0 Å². The van der Waals surface area contributed by atoms with Gasteiger partial charge in [0.15, 0.2) is 0 Å². The Morgan fingerprint density at radius 1 is 1.09 bits per heavy atom. The van der Waals surface area contributed by atoms with E-state index in [0.717, 1.165) is 0 Å². The fraction of sp³-hybridized carbons (Fsp3) is 0.455. The van der Waals surface area contributed by atoms with E-state index in [1.807, 2.05) is 0 Å². The number of allylic oxidation sites excluding steroid dienone is 6. The molecule has 3 rings (SSSR count). The molecular weight excluding hydrogens is 264 g/mol. The summed E-state index contributed by atoms with van der Waals surface area (Å²) in [6.07, 6.45) is 13.6. The molecule has 2 unspecified atom stereocenters. The number of benzene rings is 1. The van der Waals surface area contributed by atoms with Crippen LogP contribution >= 0.6 is 0 Å². The Balaban J connectivity index is 1.96. The summed E-state index contributed by atoms with van der Waals surface area (Å²) in [7, 11) is 0. The lowest BCUT2D eigenvalue weighted by Gasteiger charge is -2.20. The van der Waals surface area contributed by atoms with Crippen LogP contribution in [0, 0.1) is 5.92 Å². The molecular formula is C22H28. The highest BCUT2D eigenvalue weighted by Crippen LogP contribution is 2.44. The van der Waals surface area contributed by atoms with Crippen molar-refractivity contribution in [2.45, 2.75) is 58.8 Å². The Labute approximate surface area is 135 Å². The largest absolute Gasteiger partial charge is 0.0798 e. The Bertz CT molecular complexity index is 627. The van der Waals surface area contributed by atoms with Gasteiger partial charge in [-0.05, 0) is 53.0 Å². The molecule has 0 radical (unpaired) electrons. The molecule has 0 N–H and O–H groups in total. The molecule has 0 spiro atoms. The summed E-state index contributed by atoms with van der Waals surface area (Å²) in [6, 6.07) is 9.07. The quantitative estimate of drug-likeness (QED) is 0.569. The Hall–Kier alpha value is -1.56. The molecule has 0 bridgehead atoms. The van der Waals surface area contributed by atoms with E-state index in [1.165, 1.54) is 54.4 Å². The smallest absolute Gasteiger partial charge is 0.00699 e. The van der Waals surface area contributed by atoms with Gasteiger partial charge in [0.05, 0.1) is 0 Å². The lowest BCUT2D eigenvalue weighted by molar-refractivity contribution is 0.623. The predicted octanol–water partition coefficient (Wildman–Crippen LogP) is 6.66. The minimum atomic E-state index is 0.547. The first-order valence-corrected chi connectivity index (χ1v) is 8.93. The van der Waals surface area contributed by atoms with Gasteiger partial charge < -0.3 is 0 Å². The number of fused-ring (bicyclic) bond motifs is 1. The van der Waals surface area contributed by atoms with Crippen LogP contribution in [0.1, 0.15) is 69.9 Å². The molecule has 2 atom stereocenters. The highest BCUT2D eigenvalue weighted by atomic mass is 14.3. The highest BCUT2D eigenvalue weighted by Gasteiger charge is 2.27. The van der Waals surface area contributed by atoms with E-state index in [1.54, 1.807) is 5.57 Å². The van der Waals surface area contributed by atoms with Gasteiger partial charge >= 0.3 is 0 Å². The maximum Gasteiger partial charge on any atom is 0.00699 e. The second-order valence-corrected chi connectivity index (χ2v) is 6.85. The molecule has 2 aliphatic rings. The molecule has 0 heteroatoms. The van der Waals surface area contributed by atoms with Crippen LogP contribution in [0.2, 0.25) is 0 Å². The van der Waals surface area contributed by atoms with Gasteiger partial charge in [-0.25, -0.2) is 0 Å². The second kappa shape index (κ2) is 6.69. The van der Waals surface area contributed by atoms with Crippen molar-refractivity contribution < 1.29 is 0 Å². The predicted molar refractivity (Wildman–Crippen MR) is 96.9 cm³/mol. The minimum absolute atomic E-state index is 0.547. The SMILES string of the molecule is CCCCC(C)c1ccccc1C1=CC2=CCCC=C2C1C. The van der Waals surface area contributed by atoms with E-state index in [-0.39, 0.29) is 0 Å². The van der Waals surface area contributed by atoms with Crippen LogP contribution in [-0.2, 0) is 0 Å². The molecule has 22 heavy (non-hydrogen) atoms. The molecule has 0 aromatic heterocycles. The average molecular weight is 292 g/mol. The third-order valence-corrected chi connectivity index (χ3v) is 5.27. The zero-order valence-electron chi connectivity index (χ0n) is 14.2. The van der Waals surface area contributed by atoms with E-state index < -0.39 is 0 Å². The third-order valence-electron chi connectivity index (χ3n) is 5.27. The van der Waals surface area contributed by atoms with Crippen LogP contribution in [-0.4, -0.2) is 0 Å². The zero-order valence-corrected chi connectivity index (χ0v) is 14.2. The number of unbranched alkanes of at least 4 members (excludes halogenated alkanes) is 1. The van der Waals surface area contributed by atoms with Crippen molar-refractivity contribution >= 4 is 5.57 Å². The molecule has 0 heterocycles. The summed E-state index contributed by atoms with van der Waals surface area (Å²) in [6.45, 7) is 7.04. The fourth-order valence-corrected chi connectivity index (χ4v) is 3.91. The summed E-state index contributed by atoms with van der Waals surface area (Å²) < 4.78 is 0. The average Bonchev–Trinajstić information content (AvgIpc) is 2.90. The van der Waals surface area contributed by atoms with Gasteiger partial charge in [0.25, 0.3) is 0 Å². The molecule has 0 amide bonds. The lowest BCUT2D eigenvalue weighted by Crippen LogP contribution is -2.03. The highest BCUT2D eigenvalue weighted by molar-refractivity contribution is 5.81. The standard InChI is InChI=1S/C22H28/c1-4-5-10-16(2)19-12-8-9-14-21(19)22-15-18-11-6-7-13-20(18)17(22)3/h8-9,11-17H,4-7,10H2,1-3H3. The Kier molecular flexibility index (Phi) is 4.66. The molecule has 1 aromatic rings. The van der Waals surface area contributed by atoms with Gasteiger partial charge in [0.2, 0.25) is 0 Å². The van der Waals surface area contributed by atoms with Crippen molar-refractivity contribution in [3.05, 3.63) is 64.8 Å². The van der Waals surface area contributed by atoms with Gasteiger partial charge in [0, 0.05) is 5.92 Å². The van der Waals surface area contributed by atoms with Crippen molar-refractivity contribution in [3.8, 4) is 0 Å². The molecule has 0 saturated heterocycles. The first kappa shape index (κ1) is 15.3. The number of hydrogen-bond acceptors (Lipinski definition) is 0. The minimum Gasteiger partial charge on any atom is -0.0798 e. The van der Waals surface area contributed by atoms with Crippen molar-refractivity contribution in [3.63, 3.8) is 0 Å². The van der Waals surface area contributed by atoms with Crippen LogP contribution < -0.4 is 0 Å². The van der Waals surface area contributed by atoms with Gasteiger partial charge in [-0.3, -0.25) is 0 Å². The van der Waals surface area contributed by atoms with Gasteiger partial charge in [-0.15, -0.1) is 0 Å². The van der Waals surface area contributed by atoms with Crippen LogP contribution in [0.25, 0.3) is 5.57 Å². The van der Waals surface area contributed by atoms with Crippen LogP contribution in [0.5, 0.6) is 0 Å². The monoisotopic (exact) mass is 292 g/mol. The van der Waals surface area contributed by atoms with Crippen LogP contribution in [0.15, 0.2) is 53.6 Å². The molecule has 116 valence electrons. The molecule has 0 aliphatic heterocycles. The number of hydrogen-bond donors (Lipinski definition) is 0. The van der Waals surface area contributed by atoms with E-state index in [2.05, 4.69) is 63.3 Å². The van der Waals surface area contributed by atoms with Crippen molar-refractivity contribution in [1.82, 2.24) is 0 Å². The molecule has 2 aliphatic carbocycles. The van der Waals surface area contributed by atoms with E-state index in [9.17, 15) is 0 Å². The summed E-state index contributed by atoms with van der Waals surface area (Å²) in [5, 5.41) is 0. The second-order valence-electron chi connectivity index (χ2n) is 6.85. The van der Waals surface area contributed by atoms with E-state index in [4.69, 9.17) is 0 Å². The number of rotatable bonds is 5. The Morgan fingerprint density at radius 3 is 2.64 bits per heavy atom. The molecule has 0 saturated carbocycles. The zero-order chi connectivity index (χ0) is 15.5. The molecule has 0 nitrogen and oxygen atoms in total. The van der Waals surface area contributed by atoms with Gasteiger partial charge in [-0.1, -0.05) is 76.1 Å². The van der Waals surface area contributed by atoms with Crippen molar-refractivity contribution in [2.75, 3.05) is 0 Å². The molecule has 0 fully saturated rings. The van der Waals surface area contributed by atoms with Gasteiger partial charge in [-0.2, -0.15) is 0 Å². The summed E-state index contributed by atoms with van der Waals surface area (Å²) in [4.78, 5) is 0. The topological polar surface area (TPSA) is 0 Å². The maximum absolute atomic E-state index is 2.45.